The molecule has 0 heterocycles. The summed E-state index contributed by atoms with van der Waals surface area (Å²) in [5.41, 5.74) is 5.56. The molecular formula is C11H26N2O2S. The Labute approximate surface area is 100 Å². The first-order valence-electron chi connectivity index (χ1n) is 5.90. The molecule has 0 aromatic carbocycles. The van der Waals surface area contributed by atoms with E-state index >= 15 is 0 Å². The average Bonchev–Trinajstić information content (AvgIpc) is 2.13. The van der Waals surface area contributed by atoms with Crippen LogP contribution >= 0.6 is 0 Å². The highest BCUT2D eigenvalue weighted by atomic mass is 32.2. The van der Waals surface area contributed by atoms with Crippen LogP contribution in [0.3, 0.4) is 0 Å². The van der Waals surface area contributed by atoms with E-state index in [1.54, 1.807) is 0 Å². The normalized spacial score (nSPS) is 15.1. The van der Waals surface area contributed by atoms with Crippen LogP contribution in [-0.2, 0) is 10.0 Å². The maximum absolute atomic E-state index is 11.8. The van der Waals surface area contributed by atoms with Crippen molar-refractivity contribution in [2.75, 3.05) is 12.3 Å². The van der Waals surface area contributed by atoms with Gasteiger partial charge < -0.3 is 5.73 Å². The minimum atomic E-state index is -3.18. The first kappa shape index (κ1) is 15.9. The monoisotopic (exact) mass is 250 g/mol. The summed E-state index contributed by atoms with van der Waals surface area (Å²) in [6.07, 6.45) is 2.39. The van der Waals surface area contributed by atoms with E-state index in [0.29, 0.717) is 13.0 Å². The van der Waals surface area contributed by atoms with E-state index in [9.17, 15) is 8.42 Å². The molecule has 0 aliphatic heterocycles. The predicted octanol–water partition coefficient (Wildman–Crippen LogP) is 1.47. The zero-order valence-electron chi connectivity index (χ0n) is 10.9. The Kier molecular flexibility index (Phi) is 6.51. The van der Waals surface area contributed by atoms with Crippen LogP contribution in [0.5, 0.6) is 0 Å². The van der Waals surface area contributed by atoms with Gasteiger partial charge in [-0.25, -0.2) is 13.1 Å². The van der Waals surface area contributed by atoms with Crippen molar-refractivity contribution in [3.63, 3.8) is 0 Å². The smallest absolute Gasteiger partial charge is 0.211 e. The summed E-state index contributed by atoms with van der Waals surface area (Å²) in [6, 6.07) is -0.116. The van der Waals surface area contributed by atoms with Gasteiger partial charge in [-0.2, -0.15) is 0 Å². The number of rotatable bonds is 7. The van der Waals surface area contributed by atoms with Gasteiger partial charge in [-0.1, -0.05) is 34.1 Å². The molecule has 4 nitrogen and oxygen atoms in total. The third-order valence-electron chi connectivity index (χ3n) is 2.39. The Bertz CT molecular complexity index is 281. The highest BCUT2D eigenvalue weighted by molar-refractivity contribution is 7.89. The summed E-state index contributed by atoms with van der Waals surface area (Å²) in [7, 11) is -3.18. The van der Waals surface area contributed by atoms with Crippen molar-refractivity contribution in [1.82, 2.24) is 4.72 Å². The van der Waals surface area contributed by atoms with Crippen molar-refractivity contribution >= 4 is 10.0 Å². The first-order valence-corrected chi connectivity index (χ1v) is 7.55. The summed E-state index contributed by atoms with van der Waals surface area (Å²) in [5.74, 6) is 0.177. The molecule has 0 bridgehead atoms. The molecule has 1 unspecified atom stereocenters. The van der Waals surface area contributed by atoms with Gasteiger partial charge in [0, 0.05) is 12.6 Å². The second kappa shape index (κ2) is 6.57. The molecule has 16 heavy (non-hydrogen) atoms. The lowest BCUT2D eigenvalue weighted by atomic mass is 9.94. The van der Waals surface area contributed by atoms with E-state index < -0.39 is 10.0 Å². The number of hydrogen-bond acceptors (Lipinski definition) is 3. The van der Waals surface area contributed by atoms with Gasteiger partial charge in [0.05, 0.1) is 5.75 Å². The Hall–Kier alpha value is -0.130. The molecule has 0 saturated heterocycles. The SMILES string of the molecule is CCCC(CN)NS(=O)(=O)CCC(C)(C)C. The van der Waals surface area contributed by atoms with Crippen LogP contribution in [0.4, 0.5) is 0 Å². The Morgan fingerprint density at radius 2 is 1.88 bits per heavy atom. The highest BCUT2D eigenvalue weighted by Crippen LogP contribution is 2.19. The first-order chi connectivity index (χ1) is 7.20. The second-order valence-electron chi connectivity index (χ2n) is 5.47. The highest BCUT2D eigenvalue weighted by Gasteiger charge is 2.19. The van der Waals surface area contributed by atoms with Crippen LogP contribution in [0.25, 0.3) is 0 Å². The minimum Gasteiger partial charge on any atom is -0.329 e. The zero-order valence-corrected chi connectivity index (χ0v) is 11.7. The van der Waals surface area contributed by atoms with E-state index in [4.69, 9.17) is 5.73 Å². The third-order valence-corrected chi connectivity index (χ3v) is 3.82. The summed E-state index contributed by atoms with van der Waals surface area (Å²) in [4.78, 5) is 0. The molecule has 0 amide bonds. The fourth-order valence-electron chi connectivity index (χ4n) is 1.33. The molecule has 0 spiro atoms. The molecule has 0 saturated carbocycles. The molecule has 0 aromatic rings. The van der Waals surface area contributed by atoms with Crippen molar-refractivity contribution in [3.8, 4) is 0 Å². The number of hydrogen-bond donors (Lipinski definition) is 2. The molecule has 0 aliphatic carbocycles. The van der Waals surface area contributed by atoms with Gasteiger partial charge in [-0.15, -0.1) is 0 Å². The molecule has 0 aliphatic rings. The molecule has 0 aromatic heterocycles. The van der Waals surface area contributed by atoms with Crippen LogP contribution in [-0.4, -0.2) is 26.8 Å². The zero-order chi connectivity index (χ0) is 12.8. The van der Waals surface area contributed by atoms with Crippen molar-refractivity contribution in [2.24, 2.45) is 11.1 Å². The Morgan fingerprint density at radius 1 is 1.31 bits per heavy atom. The maximum atomic E-state index is 11.8. The summed E-state index contributed by atoms with van der Waals surface area (Å²) in [6.45, 7) is 8.49. The van der Waals surface area contributed by atoms with Gasteiger partial charge in [-0.05, 0) is 18.3 Å². The maximum Gasteiger partial charge on any atom is 0.211 e. The summed E-state index contributed by atoms with van der Waals surface area (Å²) in [5, 5.41) is 0. The molecule has 0 fully saturated rings. The van der Waals surface area contributed by atoms with Gasteiger partial charge in [0.2, 0.25) is 10.0 Å². The van der Waals surface area contributed by atoms with Crippen molar-refractivity contribution in [2.45, 2.75) is 53.0 Å². The lowest BCUT2D eigenvalue weighted by Crippen LogP contribution is -2.41. The Morgan fingerprint density at radius 3 is 2.25 bits per heavy atom. The van der Waals surface area contributed by atoms with E-state index in [2.05, 4.69) is 4.72 Å². The van der Waals surface area contributed by atoms with Crippen molar-refractivity contribution in [1.29, 1.82) is 0 Å². The lowest BCUT2D eigenvalue weighted by molar-refractivity contribution is 0.395. The molecule has 98 valence electrons. The summed E-state index contributed by atoms with van der Waals surface area (Å²) >= 11 is 0. The fraction of sp³-hybridized carbons (Fsp3) is 1.00. The second-order valence-corrected chi connectivity index (χ2v) is 7.34. The van der Waals surface area contributed by atoms with E-state index in [-0.39, 0.29) is 17.2 Å². The van der Waals surface area contributed by atoms with E-state index in [1.165, 1.54) is 0 Å². The topological polar surface area (TPSA) is 72.2 Å². The van der Waals surface area contributed by atoms with E-state index in [0.717, 1.165) is 12.8 Å². The Balaban J connectivity index is 4.23. The molecule has 0 rings (SSSR count). The van der Waals surface area contributed by atoms with Gasteiger partial charge >= 0.3 is 0 Å². The largest absolute Gasteiger partial charge is 0.329 e. The van der Waals surface area contributed by atoms with Gasteiger partial charge in [-0.3, -0.25) is 0 Å². The molecule has 3 N–H and O–H groups in total. The summed E-state index contributed by atoms with van der Waals surface area (Å²) < 4.78 is 26.2. The molecule has 5 heteroatoms. The van der Waals surface area contributed by atoms with Crippen LogP contribution in [0.2, 0.25) is 0 Å². The number of sulfonamides is 1. The van der Waals surface area contributed by atoms with Crippen LogP contribution in [0, 0.1) is 5.41 Å². The quantitative estimate of drug-likeness (QED) is 0.718. The van der Waals surface area contributed by atoms with Gasteiger partial charge in [0.15, 0.2) is 0 Å². The number of nitrogens with two attached hydrogens (primary N) is 1. The lowest BCUT2D eigenvalue weighted by Gasteiger charge is -2.20. The van der Waals surface area contributed by atoms with Gasteiger partial charge in [0.1, 0.15) is 0 Å². The van der Waals surface area contributed by atoms with Crippen molar-refractivity contribution in [3.05, 3.63) is 0 Å². The molecular weight excluding hydrogens is 224 g/mol. The number of nitrogens with one attached hydrogen (secondary N) is 1. The van der Waals surface area contributed by atoms with Crippen LogP contribution in [0.1, 0.15) is 47.0 Å². The molecule has 0 radical (unpaired) electrons. The standard InChI is InChI=1S/C11H26N2O2S/c1-5-6-10(9-12)13-16(14,15)8-7-11(2,3)4/h10,13H,5-9,12H2,1-4H3. The van der Waals surface area contributed by atoms with E-state index in [1.807, 2.05) is 27.7 Å². The van der Waals surface area contributed by atoms with Crippen LogP contribution in [0.15, 0.2) is 0 Å². The molecule has 1 atom stereocenters. The van der Waals surface area contributed by atoms with Crippen LogP contribution < -0.4 is 10.5 Å². The van der Waals surface area contributed by atoms with Gasteiger partial charge in [0.25, 0.3) is 0 Å². The van der Waals surface area contributed by atoms with Crippen molar-refractivity contribution < 1.29 is 8.42 Å². The third kappa shape index (κ3) is 8.07. The average molecular weight is 250 g/mol. The predicted molar refractivity (Wildman–Crippen MR) is 68.7 cm³/mol. The fourth-order valence-corrected chi connectivity index (χ4v) is 3.05. The minimum absolute atomic E-state index is 0.0394.